The maximum atomic E-state index is 11.8. The van der Waals surface area contributed by atoms with E-state index in [1.54, 1.807) is 48.5 Å². The van der Waals surface area contributed by atoms with Gasteiger partial charge in [0.25, 0.3) is 20.2 Å². The molecule has 166 valence electrons. The molecule has 8 nitrogen and oxygen atoms in total. The average Bonchev–Trinajstić information content (AvgIpc) is 2.70. The first-order valence-electron chi connectivity index (χ1n) is 9.34. The molecule has 0 amide bonds. The van der Waals surface area contributed by atoms with E-state index in [-0.39, 0.29) is 51.1 Å². The molecule has 0 saturated carbocycles. The fraction of sp³-hybridized carbons (Fsp3) is 0.400. The van der Waals surface area contributed by atoms with Gasteiger partial charge in [-0.3, -0.25) is 8.37 Å². The van der Waals surface area contributed by atoms with E-state index in [9.17, 15) is 16.8 Å². The molecule has 0 aliphatic rings. The van der Waals surface area contributed by atoms with Crippen LogP contribution < -0.4 is 0 Å². The fourth-order valence-electron chi connectivity index (χ4n) is 2.40. The molecule has 0 aliphatic carbocycles. The van der Waals surface area contributed by atoms with Crippen molar-refractivity contribution >= 4 is 20.2 Å². The van der Waals surface area contributed by atoms with Gasteiger partial charge in [-0.25, -0.2) is 0 Å². The minimum Gasteiger partial charge on any atom is -0.377 e. The lowest BCUT2D eigenvalue weighted by atomic mass is 10.2. The van der Waals surface area contributed by atoms with E-state index in [2.05, 4.69) is 0 Å². The van der Waals surface area contributed by atoms with Crippen LogP contribution in [0.2, 0.25) is 0 Å². The fourth-order valence-corrected chi connectivity index (χ4v) is 4.41. The maximum absolute atomic E-state index is 11.8. The lowest BCUT2D eigenvalue weighted by Gasteiger charge is -2.08. The van der Waals surface area contributed by atoms with Crippen LogP contribution in [0.5, 0.6) is 0 Å². The molecule has 10 heteroatoms. The van der Waals surface area contributed by atoms with Gasteiger partial charge < -0.3 is 9.47 Å². The van der Waals surface area contributed by atoms with Crippen molar-refractivity contribution in [2.75, 3.05) is 39.6 Å². The van der Waals surface area contributed by atoms with Crippen LogP contribution in [0, 0.1) is 0 Å². The van der Waals surface area contributed by atoms with Crippen LogP contribution in [-0.2, 0) is 49.6 Å². The lowest BCUT2D eigenvalue weighted by Crippen LogP contribution is -2.16. The van der Waals surface area contributed by atoms with E-state index in [0.29, 0.717) is 11.1 Å². The van der Waals surface area contributed by atoms with Crippen LogP contribution in [-0.4, -0.2) is 56.5 Å². The highest BCUT2D eigenvalue weighted by molar-refractivity contribution is 7.86. The van der Waals surface area contributed by atoms with Gasteiger partial charge in [-0.1, -0.05) is 60.7 Å². The molecule has 0 fully saturated rings. The van der Waals surface area contributed by atoms with E-state index in [1.165, 1.54) is 0 Å². The van der Waals surface area contributed by atoms with Gasteiger partial charge in [0.05, 0.1) is 39.6 Å². The highest BCUT2D eigenvalue weighted by Gasteiger charge is 2.13. The molecule has 0 N–H and O–H groups in total. The molecule has 0 bridgehead atoms. The molecule has 0 aliphatic heterocycles. The van der Waals surface area contributed by atoms with Crippen molar-refractivity contribution in [3.05, 3.63) is 71.8 Å². The molecule has 2 aromatic rings. The molecular weight excluding hydrogens is 432 g/mol. The number of benzene rings is 2. The minimum atomic E-state index is -3.66. The smallest absolute Gasteiger partial charge is 0.271 e. The van der Waals surface area contributed by atoms with Gasteiger partial charge in [-0.2, -0.15) is 16.8 Å². The van der Waals surface area contributed by atoms with Gasteiger partial charge in [0.15, 0.2) is 0 Å². The van der Waals surface area contributed by atoms with Crippen molar-refractivity contribution in [1.82, 2.24) is 0 Å². The monoisotopic (exact) mass is 458 g/mol. The van der Waals surface area contributed by atoms with Gasteiger partial charge in [0.1, 0.15) is 11.5 Å². The Morgan fingerprint density at radius 1 is 0.500 bits per heavy atom. The van der Waals surface area contributed by atoms with Crippen LogP contribution in [0.3, 0.4) is 0 Å². The van der Waals surface area contributed by atoms with Gasteiger partial charge in [0.2, 0.25) is 0 Å². The second-order valence-corrected chi connectivity index (χ2v) is 9.52. The Balaban J connectivity index is 1.47. The summed E-state index contributed by atoms with van der Waals surface area (Å²) < 4.78 is 67.6. The number of hydrogen-bond acceptors (Lipinski definition) is 8. The van der Waals surface area contributed by atoms with E-state index in [1.807, 2.05) is 12.1 Å². The molecular formula is C20H26O8S2. The van der Waals surface area contributed by atoms with Gasteiger partial charge >= 0.3 is 0 Å². The molecule has 2 aromatic carbocycles. The Hall–Kier alpha value is -1.82. The van der Waals surface area contributed by atoms with E-state index < -0.39 is 20.2 Å². The molecule has 0 spiro atoms. The molecule has 2 rings (SSSR count). The van der Waals surface area contributed by atoms with Gasteiger partial charge in [-0.15, -0.1) is 0 Å². The van der Waals surface area contributed by atoms with E-state index >= 15 is 0 Å². The molecule has 0 unspecified atom stereocenters. The first-order valence-corrected chi connectivity index (χ1v) is 12.5. The van der Waals surface area contributed by atoms with Gasteiger partial charge in [-0.05, 0) is 11.1 Å². The second-order valence-electron chi connectivity index (χ2n) is 6.24. The van der Waals surface area contributed by atoms with Gasteiger partial charge in [0, 0.05) is 0 Å². The van der Waals surface area contributed by atoms with Crippen molar-refractivity contribution in [3.8, 4) is 0 Å². The Morgan fingerprint density at radius 3 is 1.20 bits per heavy atom. The Morgan fingerprint density at radius 2 is 0.833 bits per heavy atom. The SMILES string of the molecule is O=S(=O)(Cc1ccccc1)OCCOCCOCCOS(=O)(=O)Cc1ccccc1. The third kappa shape index (κ3) is 10.8. The van der Waals surface area contributed by atoms with Crippen molar-refractivity contribution in [2.24, 2.45) is 0 Å². The van der Waals surface area contributed by atoms with Crippen LogP contribution in [0.15, 0.2) is 60.7 Å². The first kappa shape index (κ1) is 24.4. The van der Waals surface area contributed by atoms with Crippen molar-refractivity contribution < 1.29 is 34.7 Å². The van der Waals surface area contributed by atoms with E-state index in [4.69, 9.17) is 17.8 Å². The summed E-state index contributed by atoms with van der Waals surface area (Å²) in [6.07, 6.45) is 0. The topological polar surface area (TPSA) is 105 Å². The number of ether oxygens (including phenoxy) is 2. The van der Waals surface area contributed by atoms with Crippen LogP contribution in [0.1, 0.15) is 11.1 Å². The molecule has 30 heavy (non-hydrogen) atoms. The maximum Gasteiger partial charge on any atom is 0.271 e. The highest BCUT2D eigenvalue weighted by Crippen LogP contribution is 2.08. The van der Waals surface area contributed by atoms with Crippen molar-refractivity contribution in [3.63, 3.8) is 0 Å². The highest BCUT2D eigenvalue weighted by atomic mass is 32.2. The number of rotatable bonds is 15. The third-order valence-electron chi connectivity index (χ3n) is 3.73. The van der Waals surface area contributed by atoms with Crippen LogP contribution in [0.25, 0.3) is 0 Å². The predicted molar refractivity (Wildman–Crippen MR) is 112 cm³/mol. The quantitative estimate of drug-likeness (QED) is 0.295. The summed E-state index contributed by atoms with van der Waals surface area (Å²) in [5.41, 5.74) is 1.31. The zero-order valence-corrected chi connectivity index (χ0v) is 18.1. The second kappa shape index (κ2) is 12.8. The van der Waals surface area contributed by atoms with E-state index in [0.717, 1.165) is 0 Å². The Labute approximate surface area is 178 Å². The first-order chi connectivity index (χ1) is 14.4. The van der Waals surface area contributed by atoms with Crippen molar-refractivity contribution in [1.29, 1.82) is 0 Å². The molecule has 0 atom stereocenters. The summed E-state index contributed by atoms with van der Waals surface area (Å²) in [7, 11) is -7.32. The summed E-state index contributed by atoms with van der Waals surface area (Å²) >= 11 is 0. The molecule has 0 saturated heterocycles. The molecule has 0 heterocycles. The van der Waals surface area contributed by atoms with Crippen molar-refractivity contribution in [2.45, 2.75) is 11.5 Å². The normalized spacial score (nSPS) is 12.1. The third-order valence-corrected chi connectivity index (χ3v) is 6.15. The van der Waals surface area contributed by atoms with Crippen LogP contribution in [0.4, 0.5) is 0 Å². The summed E-state index contributed by atoms with van der Waals surface area (Å²) in [5.74, 6) is -0.381. The Bertz CT molecular complexity index is 850. The van der Waals surface area contributed by atoms with Crippen LogP contribution >= 0.6 is 0 Å². The minimum absolute atomic E-state index is 0.0873. The largest absolute Gasteiger partial charge is 0.377 e. The molecule has 0 aromatic heterocycles. The lowest BCUT2D eigenvalue weighted by molar-refractivity contribution is 0.0285. The zero-order chi connectivity index (χ0) is 21.7. The average molecular weight is 459 g/mol. The summed E-state index contributed by atoms with van der Waals surface area (Å²) in [5, 5.41) is 0. The standard InChI is InChI=1S/C20H26O8S2/c21-29(22,17-19-7-3-1-4-8-19)27-15-13-25-11-12-26-14-16-28-30(23,24)18-20-9-5-2-6-10-20/h1-10H,11-18H2. The number of hydrogen-bond donors (Lipinski definition) is 0. The summed E-state index contributed by atoms with van der Waals surface area (Å²) in [4.78, 5) is 0. The Kier molecular flexibility index (Phi) is 10.4. The zero-order valence-electron chi connectivity index (χ0n) is 16.5. The molecule has 0 radical (unpaired) electrons. The summed E-state index contributed by atoms with van der Waals surface area (Å²) in [6.45, 7) is 0.461. The summed E-state index contributed by atoms with van der Waals surface area (Å²) in [6, 6.07) is 17.5. The predicted octanol–water partition coefficient (Wildman–Crippen LogP) is 2.11.